The van der Waals surface area contributed by atoms with E-state index in [0.29, 0.717) is 23.9 Å². The van der Waals surface area contributed by atoms with E-state index in [4.69, 9.17) is 14.2 Å². The summed E-state index contributed by atoms with van der Waals surface area (Å²) < 4.78 is 17.8. The number of amides is 1. The quantitative estimate of drug-likeness (QED) is 0.345. The SMILES string of the molecule is COc1cc(/C=N/NC(=O)C(C)Oc2ccc(Br)cc2)ccc1OCc1ccccc1. The third-order valence-corrected chi connectivity index (χ3v) is 4.84. The topological polar surface area (TPSA) is 69.2 Å². The summed E-state index contributed by atoms with van der Waals surface area (Å²) in [5.41, 5.74) is 4.31. The van der Waals surface area contributed by atoms with E-state index in [9.17, 15) is 4.79 Å². The monoisotopic (exact) mass is 482 g/mol. The second-order valence-corrected chi connectivity index (χ2v) is 7.55. The average molecular weight is 483 g/mol. The smallest absolute Gasteiger partial charge is 0.280 e. The molecule has 1 unspecified atom stereocenters. The van der Waals surface area contributed by atoms with Gasteiger partial charge in [0, 0.05) is 4.47 Å². The molecular weight excluding hydrogens is 460 g/mol. The average Bonchev–Trinajstić information content (AvgIpc) is 2.80. The number of nitrogens with one attached hydrogen (secondary N) is 1. The Morgan fingerprint density at radius 1 is 1.06 bits per heavy atom. The first-order valence-electron chi connectivity index (χ1n) is 9.65. The predicted molar refractivity (Wildman–Crippen MR) is 124 cm³/mol. The number of methoxy groups -OCH3 is 1. The van der Waals surface area contributed by atoms with E-state index in [1.807, 2.05) is 54.6 Å². The number of halogens is 1. The third kappa shape index (κ3) is 6.86. The molecule has 3 aromatic rings. The van der Waals surface area contributed by atoms with Crippen molar-refractivity contribution in [2.75, 3.05) is 7.11 Å². The van der Waals surface area contributed by atoms with Gasteiger partial charge in [0.05, 0.1) is 13.3 Å². The lowest BCUT2D eigenvalue weighted by Gasteiger charge is -2.13. The minimum absolute atomic E-state index is 0.353. The van der Waals surface area contributed by atoms with Crippen molar-refractivity contribution < 1.29 is 19.0 Å². The van der Waals surface area contributed by atoms with Gasteiger partial charge >= 0.3 is 0 Å². The fraction of sp³-hybridized carbons (Fsp3) is 0.167. The van der Waals surface area contributed by atoms with E-state index < -0.39 is 6.10 Å². The van der Waals surface area contributed by atoms with Crippen molar-refractivity contribution in [1.29, 1.82) is 0 Å². The predicted octanol–water partition coefficient (Wildman–Crippen LogP) is 4.95. The number of nitrogens with zero attached hydrogens (tertiary/aromatic N) is 1. The molecular formula is C24H23BrN2O4. The first kappa shape index (κ1) is 22.4. The molecule has 6 nitrogen and oxygen atoms in total. The van der Waals surface area contributed by atoms with Crippen LogP contribution in [0.3, 0.4) is 0 Å². The van der Waals surface area contributed by atoms with Gasteiger partial charge in [-0.1, -0.05) is 46.3 Å². The van der Waals surface area contributed by atoms with E-state index in [0.717, 1.165) is 15.6 Å². The van der Waals surface area contributed by atoms with Crippen LogP contribution in [-0.4, -0.2) is 25.3 Å². The summed E-state index contributed by atoms with van der Waals surface area (Å²) in [7, 11) is 1.58. The summed E-state index contributed by atoms with van der Waals surface area (Å²) in [6.45, 7) is 2.10. The Balaban J connectivity index is 1.54. The van der Waals surface area contributed by atoms with Crippen LogP contribution in [-0.2, 0) is 11.4 Å². The maximum atomic E-state index is 12.2. The van der Waals surface area contributed by atoms with Gasteiger partial charge in [-0.25, -0.2) is 5.43 Å². The highest BCUT2D eigenvalue weighted by Gasteiger charge is 2.14. The number of hydrazone groups is 1. The van der Waals surface area contributed by atoms with Gasteiger partial charge in [0.2, 0.25) is 0 Å². The summed E-state index contributed by atoms with van der Waals surface area (Å²) in [5.74, 6) is 1.46. The molecule has 1 N–H and O–H groups in total. The third-order valence-electron chi connectivity index (χ3n) is 4.31. The van der Waals surface area contributed by atoms with Crippen LogP contribution in [0.2, 0.25) is 0 Å². The molecule has 0 radical (unpaired) electrons. The molecule has 0 aliphatic rings. The van der Waals surface area contributed by atoms with Crippen LogP contribution in [0.15, 0.2) is 82.4 Å². The highest BCUT2D eigenvalue weighted by molar-refractivity contribution is 9.10. The van der Waals surface area contributed by atoms with Crippen molar-refractivity contribution in [2.45, 2.75) is 19.6 Å². The Morgan fingerprint density at radius 2 is 1.81 bits per heavy atom. The summed E-state index contributed by atoms with van der Waals surface area (Å²) >= 11 is 3.36. The van der Waals surface area contributed by atoms with Gasteiger partial charge in [-0.2, -0.15) is 5.10 Å². The first-order valence-corrected chi connectivity index (χ1v) is 10.4. The zero-order valence-corrected chi connectivity index (χ0v) is 18.8. The van der Waals surface area contributed by atoms with Gasteiger partial charge in [0.15, 0.2) is 17.6 Å². The molecule has 7 heteroatoms. The number of rotatable bonds is 9. The van der Waals surface area contributed by atoms with Gasteiger partial charge < -0.3 is 14.2 Å². The second kappa shape index (κ2) is 11.2. The summed E-state index contributed by atoms with van der Waals surface area (Å²) in [6.07, 6.45) is 0.843. The molecule has 1 amide bonds. The number of hydrogen-bond donors (Lipinski definition) is 1. The number of benzene rings is 3. The molecule has 0 spiro atoms. The lowest BCUT2D eigenvalue weighted by Crippen LogP contribution is -2.33. The van der Waals surface area contributed by atoms with E-state index in [-0.39, 0.29) is 5.91 Å². The maximum Gasteiger partial charge on any atom is 0.280 e. The molecule has 31 heavy (non-hydrogen) atoms. The van der Waals surface area contributed by atoms with Gasteiger partial charge in [0.1, 0.15) is 12.4 Å². The van der Waals surface area contributed by atoms with Crippen LogP contribution in [0.1, 0.15) is 18.1 Å². The summed E-state index contributed by atoms with van der Waals surface area (Å²) in [5, 5.41) is 4.01. The Hall–Kier alpha value is -3.32. The molecule has 160 valence electrons. The lowest BCUT2D eigenvalue weighted by atomic mass is 10.2. The van der Waals surface area contributed by atoms with Crippen molar-refractivity contribution in [3.8, 4) is 17.2 Å². The molecule has 0 fully saturated rings. The molecule has 0 aliphatic carbocycles. The van der Waals surface area contributed by atoms with E-state index in [1.54, 1.807) is 32.2 Å². The van der Waals surface area contributed by atoms with Crippen LogP contribution in [0.25, 0.3) is 0 Å². The van der Waals surface area contributed by atoms with Gasteiger partial charge in [-0.05, 0) is 60.5 Å². The zero-order valence-electron chi connectivity index (χ0n) is 17.2. The van der Waals surface area contributed by atoms with Crippen LogP contribution < -0.4 is 19.6 Å². The van der Waals surface area contributed by atoms with Crippen molar-refractivity contribution in [2.24, 2.45) is 5.10 Å². The number of carbonyl (C=O) groups is 1. The Morgan fingerprint density at radius 3 is 2.52 bits per heavy atom. The van der Waals surface area contributed by atoms with Crippen LogP contribution in [0, 0.1) is 0 Å². The van der Waals surface area contributed by atoms with Crippen LogP contribution >= 0.6 is 15.9 Å². The lowest BCUT2D eigenvalue weighted by molar-refractivity contribution is -0.127. The number of hydrogen-bond acceptors (Lipinski definition) is 5. The van der Waals surface area contributed by atoms with E-state index in [1.165, 1.54) is 6.21 Å². The largest absolute Gasteiger partial charge is 0.493 e. The Bertz CT molecular complexity index is 1020. The zero-order chi connectivity index (χ0) is 22.1. The Kier molecular flexibility index (Phi) is 8.06. The van der Waals surface area contributed by atoms with E-state index in [2.05, 4.69) is 26.5 Å². The van der Waals surface area contributed by atoms with Gasteiger partial charge in [0.25, 0.3) is 5.91 Å². The summed E-state index contributed by atoms with van der Waals surface area (Å²) in [6, 6.07) is 22.6. The number of carbonyl (C=O) groups excluding carboxylic acids is 1. The Labute approximate surface area is 190 Å². The maximum absolute atomic E-state index is 12.2. The van der Waals surface area contributed by atoms with Crippen molar-refractivity contribution in [3.63, 3.8) is 0 Å². The first-order chi connectivity index (χ1) is 15.0. The minimum atomic E-state index is -0.693. The van der Waals surface area contributed by atoms with Gasteiger partial charge in [-0.3, -0.25) is 4.79 Å². The molecule has 3 aromatic carbocycles. The van der Waals surface area contributed by atoms with Crippen molar-refractivity contribution in [1.82, 2.24) is 5.43 Å². The molecule has 0 aliphatic heterocycles. The molecule has 0 saturated carbocycles. The van der Waals surface area contributed by atoms with Crippen LogP contribution in [0.5, 0.6) is 17.2 Å². The van der Waals surface area contributed by atoms with Crippen molar-refractivity contribution >= 4 is 28.1 Å². The highest BCUT2D eigenvalue weighted by Crippen LogP contribution is 2.28. The molecule has 0 heterocycles. The molecule has 0 aromatic heterocycles. The fourth-order valence-corrected chi connectivity index (χ4v) is 2.92. The molecule has 0 bridgehead atoms. The highest BCUT2D eigenvalue weighted by atomic mass is 79.9. The van der Waals surface area contributed by atoms with Gasteiger partial charge in [-0.15, -0.1) is 0 Å². The standard InChI is InChI=1S/C24H23BrN2O4/c1-17(31-21-11-9-20(25)10-12-21)24(28)27-26-15-19-8-13-22(23(14-19)29-2)30-16-18-6-4-3-5-7-18/h3-15,17H,16H2,1-2H3,(H,27,28)/b26-15+. The summed E-state index contributed by atoms with van der Waals surface area (Å²) in [4.78, 5) is 12.2. The molecule has 0 saturated heterocycles. The van der Waals surface area contributed by atoms with E-state index >= 15 is 0 Å². The molecule has 1 atom stereocenters. The normalized spacial score (nSPS) is 11.7. The fourth-order valence-electron chi connectivity index (χ4n) is 2.65. The second-order valence-electron chi connectivity index (χ2n) is 6.63. The van der Waals surface area contributed by atoms with Crippen LogP contribution in [0.4, 0.5) is 0 Å². The minimum Gasteiger partial charge on any atom is -0.493 e. The molecule has 3 rings (SSSR count). The number of ether oxygens (including phenoxy) is 3. The van der Waals surface area contributed by atoms with Crippen molar-refractivity contribution in [3.05, 3.63) is 88.4 Å².